The Hall–Kier alpha value is -1.46. The van der Waals surface area contributed by atoms with Crippen LogP contribution in [0.25, 0.3) is 0 Å². The average Bonchev–Trinajstić information content (AvgIpc) is 2.72. The predicted molar refractivity (Wildman–Crippen MR) is 103 cm³/mol. The molecule has 2 aliphatic rings. The molecule has 26 heavy (non-hydrogen) atoms. The minimum atomic E-state index is -0.352. The number of nitrogens with zero attached hydrogens (tertiary/aromatic N) is 2. The maximum Gasteiger partial charge on any atom is 0.241 e. The molecule has 1 atom stereocenters. The first-order valence-electron chi connectivity index (χ1n) is 10.3. The second kappa shape index (κ2) is 9.47. The Bertz CT molecular complexity index is 552. The molecule has 1 aromatic rings. The van der Waals surface area contributed by atoms with Crippen LogP contribution in [0.2, 0.25) is 0 Å². The number of hydrogen-bond acceptors (Lipinski definition) is 4. The summed E-state index contributed by atoms with van der Waals surface area (Å²) in [6, 6.07) is 4.09. The van der Waals surface area contributed by atoms with Crippen molar-refractivity contribution in [1.82, 2.24) is 15.2 Å². The Morgan fingerprint density at radius 1 is 1.31 bits per heavy atom. The van der Waals surface area contributed by atoms with E-state index in [9.17, 15) is 4.79 Å². The van der Waals surface area contributed by atoms with Gasteiger partial charge in [0.05, 0.1) is 19.3 Å². The van der Waals surface area contributed by atoms with Crippen molar-refractivity contribution in [3.63, 3.8) is 0 Å². The van der Waals surface area contributed by atoms with E-state index in [1.165, 1.54) is 6.42 Å². The lowest BCUT2D eigenvalue weighted by Gasteiger charge is -2.47. The lowest BCUT2D eigenvalue weighted by Crippen LogP contribution is -2.62. The van der Waals surface area contributed by atoms with E-state index < -0.39 is 0 Å². The zero-order valence-electron chi connectivity index (χ0n) is 16.1. The smallest absolute Gasteiger partial charge is 0.241 e. The first kappa shape index (κ1) is 19.3. The number of aromatic nitrogens is 1. The number of unbranched alkanes of at least 4 members (excludes halogenated alkanes) is 1. The Kier molecular flexibility index (Phi) is 7.03. The van der Waals surface area contributed by atoms with Crippen molar-refractivity contribution in [3.8, 4) is 0 Å². The number of ether oxygens (including phenoxy) is 1. The topological polar surface area (TPSA) is 54.5 Å². The van der Waals surface area contributed by atoms with Crippen LogP contribution < -0.4 is 5.32 Å². The first-order valence-corrected chi connectivity index (χ1v) is 10.3. The third kappa shape index (κ3) is 4.44. The molecule has 0 aromatic carbocycles. The first-order chi connectivity index (χ1) is 12.8. The highest BCUT2D eigenvalue weighted by molar-refractivity contribution is 5.87. The van der Waals surface area contributed by atoms with E-state index in [1.807, 2.05) is 12.3 Å². The molecule has 144 valence electrons. The van der Waals surface area contributed by atoms with Crippen LogP contribution in [0.5, 0.6) is 0 Å². The van der Waals surface area contributed by atoms with Crippen molar-refractivity contribution in [2.45, 2.75) is 69.9 Å². The summed E-state index contributed by atoms with van der Waals surface area (Å²) in [7, 11) is 0. The fourth-order valence-corrected chi connectivity index (χ4v) is 4.42. The number of pyridine rings is 1. The minimum Gasteiger partial charge on any atom is -0.379 e. The molecule has 1 aliphatic heterocycles. The number of nitrogens with one attached hydrogen (secondary N) is 1. The molecule has 1 saturated carbocycles. The number of hydrogen-bond donors (Lipinski definition) is 1. The second-order valence-corrected chi connectivity index (χ2v) is 7.65. The fourth-order valence-electron chi connectivity index (χ4n) is 4.42. The number of morpholine rings is 1. The number of rotatable bonds is 7. The van der Waals surface area contributed by atoms with Crippen LogP contribution in [0.4, 0.5) is 0 Å². The molecule has 1 saturated heterocycles. The van der Waals surface area contributed by atoms with Gasteiger partial charge in [0.15, 0.2) is 0 Å². The Morgan fingerprint density at radius 3 is 2.73 bits per heavy atom. The van der Waals surface area contributed by atoms with Gasteiger partial charge in [0.2, 0.25) is 5.91 Å². The highest BCUT2D eigenvalue weighted by Gasteiger charge is 2.45. The Labute approximate surface area is 157 Å². The van der Waals surface area contributed by atoms with Gasteiger partial charge in [0.1, 0.15) is 5.54 Å². The molecule has 0 spiro atoms. The van der Waals surface area contributed by atoms with Crippen molar-refractivity contribution in [1.29, 1.82) is 0 Å². The summed E-state index contributed by atoms with van der Waals surface area (Å²) in [6.07, 6.45) is 12.3. The van der Waals surface area contributed by atoms with E-state index >= 15 is 0 Å². The summed E-state index contributed by atoms with van der Waals surface area (Å²) >= 11 is 0. The molecule has 2 fully saturated rings. The van der Waals surface area contributed by atoms with Crippen molar-refractivity contribution < 1.29 is 9.53 Å². The molecule has 5 nitrogen and oxygen atoms in total. The maximum atomic E-state index is 13.6. The number of carbonyl (C=O) groups excluding carboxylic acids is 1. The molecule has 1 amide bonds. The van der Waals surface area contributed by atoms with E-state index in [2.05, 4.69) is 28.2 Å². The van der Waals surface area contributed by atoms with Crippen molar-refractivity contribution in [3.05, 3.63) is 30.1 Å². The summed E-state index contributed by atoms with van der Waals surface area (Å²) in [5, 5.41) is 3.41. The molecule has 0 bridgehead atoms. The lowest BCUT2D eigenvalue weighted by atomic mass is 9.78. The molecule has 5 heteroatoms. The molecule has 2 heterocycles. The highest BCUT2D eigenvalue weighted by atomic mass is 16.5. The largest absolute Gasteiger partial charge is 0.379 e. The van der Waals surface area contributed by atoms with Crippen LogP contribution in [0, 0.1) is 0 Å². The number of carbonyl (C=O) groups is 1. The second-order valence-electron chi connectivity index (χ2n) is 7.65. The summed E-state index contributed by atoms with van der Waals surface area (Å²) in [6.45, 7) is 5.38. The molecule has 3 rings (SSSR count). The van der Waals surface area contributed by atoms with E-state index in [1.54, 1.807) is 6.20 Å². The zero-order valence-corrected chi connectivity index (χ0v) is 16.1. The summed E-state index contributed by atoms with van der Waals surface area (Å²) in [5.41, 5.74) is 0.761. The normalized spacial score (nSPS) is 21.9. The van der Waals surface area contributed by atoms with Crippen molar-refractivity contribution in [2.75, 3.05) is 26.3 Å². The molecule has 1 unspecified atom stereocenters. The van der Waals surface area contributed by atoms with Crippen molar-refractivity contribution in [2.24, 2.45) is 0 Å². The predicted octanol–water partition coefficient (Wildman–Crippen LogP) is 3.46. The van der Waals surface area contributed by atoms with Gasteiger partial charge in [0, 0.05) is 25.5 Å². The molecule has 0 radical (unpaired) electrons. The minimum absolute atomic E-state index is 0.0518. The third-order valence-electron chi connectivity index (χ3n) is 5.96. The van der Waals surface area contributed by atoms with E-state index in [4.69, 9.17) is 4.74 Å². The van der Waals surface area contributed by atoms with Gasteiger partial charge in [-0.1, -0.05) is 45.1 Å². The third-order valence-corrected chi connectivity index (χ3v) is 5.96. The SMILES string of the molecule is CCCCC(NC(=O)C1(N2CCOCC2)CCCCC1)c1cccnc1. The van der Waals surface area contributed by atoms with E-state index in [0.717, 1.165) is 76.8 Å². The molecular weight excluding hydrogens is 326 g/mol. The Balaban J connectivity index is 1.78. The average molecular weight is 360 g/mol. The van der Waals surface area contributed by atoms with Gasteiger partial charge in [-0.15, -0.1) is 0 Å². The summed E-state index contributed by atoms with van der Waals surface area (Å²) < 4.78 is 5.54. The van der Waals surface area contributed by atoms with Crippen LogP contribution in [-0.2, 0) is 9.53 Å². The van der Waals surface area contributed by atoms with Gasteiger partial charge in [0.25, 0.3) is 0 Å². The van der Waals surface area contributed by atoms with Gasteiger partial charge < -0.3 is 10.1 Å². The van der Waals surface area contributed by atoms with Gasteiger partial charge >= 0.3 is 0 Å². The fraction of sp³-hybridized carbons (Fsp3) is 0.714. The van der Waals surface area contributed by atoms with Crippen LogP contribution in [0.1, 0.15) is 69.9 Å². The molecule has 1 aromatic heterocycles. The highest BCUT2D eigenvalue weighted by Crippen LogP contribution is 2.35. The van der Waals surface area contributed by atoms with Gasteiger partial charge in [-0.3, -0.25) is 14.7 Å². The molecule has 1 aliphatic carbocycles. The van der Waals surface area contributed by atoms with Crippen LogP contribution in [0.3, 0.4) is 0 Å². The monoisotopic (exact) mass is 359 g/mol. The van der Waals surface area contributed by atoms with Gasteiger partial charge in [-0.2, -0.15) is 0 Å². The maximum absolute atomic E-state index is 13.6. The van der Waals surface area contributed by atoms with Crippen LogP contribution in [0.15, 0.2) is 24.5 Å². The summed E-state index contributed by atoms with van der Waals surface area (Å²) in [5.74, 6) is 0.212. The van der Waals surface area contributed by atoms with Crippen molar-refractivity contribution >= 4 is 5.91 Å². The van der Waals surface area contributed by atoms with E-state index in [-0.39, 0.29) is 17.5 Å². The standard InChI is InChI=1S/C21H33N3O2/c1-2-3-9-19(18-8-7-12-22-17-18)23-20(25)21(10-5-4-6-11-21)24-13-15-26-16-14-24/h7-8,12,17,19H,2-6,9-11,13-16H2,1H3,(H,23,25). The number of amides is 1. The van der Waals surface area contributed by atoms with Crippen LogP contribution in [-0.4, -0.2) is 47.6 Å². The zero-order chi connectivity index (χ0) is 18.2. The van der Waals surface area contributed by atoms with E-state index in [0.29, 0.717) is 0 Å². The Morgan fingerprint density at radius 2 is 2.08 bits per heavy atom. The summed E-state index contributed by atoms with van der Waals surface area (Å²) in [4.78, 5) is 20.2. The molecular formula is C21H33N3O2. The molecule has 1 N–H and O–H groups in total. The quantitative estimate of drug-likeness (QED) is 0.810. The van der Waals surface area contributed by atoms with Crippen LogP contribution >= 0.6 is 0 Å². The van der Waals surface area contributed by atoms with Gasteiger partial charge in [-0.05, 0) is 30.9 Å². The lowest BCUT2D eigenvalue weighted by molar-refractivity contribution is -0.141. The van der Waals surface area contributed by atoms with Gasteiger partial charge in [-0.25, -0.2) is 0 Å².